The molecule has 0 aliphatic carbocycles. The van der Waals surface area contributed by atoms with E-state index in [1.54, 1.807) is 0 Å². The van der Waals surface area contributed by atoms with Gasteiger partial charge in [-0.1, -0.05) is 72.3 Å². The van der Waals surface area contributed by atoms with E-state index in [1.807, 2.05) is 61.5 Å². The summed E-state index contributed by atoms with van der Waals surface area (Å²) in [5.41, 5.74) is 8.05. The number of likely N-dealkylation sites (N-methyl/N-ethyl adjacent to an activating group) is 1. The maximum absolute atomic E-state index is 12.2. The third-order valence-electron chi connectivity index (χ3n) is 5.18. The minimum atomic E-state index is -0.0431. The molecule has 6 heteroatoms. The van der Waals surface area contributed by atoms with Gasteiger partial charge < -0.3 is 10.2 Å². The average molecular weight is 494 g/mol. The van der Waals surface area contributed by atoms with Gasteiger partial charge in [-0.25, -0.2) is 4.98 Å². The maximum Gasteiger partial charge on any atom is 0.238 e. The second-order valence-electron chi connectivity index (χ2n) is 8.23. The number of pyridine rings is 1. The van der Waals surface area contributed by atoms with Gasteiger partial charge in [-0.15, -0.1) is 24.8 Å². The zero-order chi connectivity index (χ0) is 22.5. The summed E-state index contributed by atoms with van der Waals surface area (Å²) in [5, 5.41) is 2.97. The van der Waals surface area contributed by atoms with Gasteiger partial charge in [0.1, 0.15) is 0 Å². The molecule has 0 radical (unpaired) electrons. The van der Waals surface area contributed by atoms with E-state index in [-0.39, 0.29) is 30.7 Å². The van der Waals surface area contributed by atoms with E-state index in [2.05, 4.69) is 60.8 Å². The first-order chi connectivity index (χ1) is 15.5. The van der Waals surface area contributed by atoms with Crippen LogP contribution < -0.4 is 5.32 Å². The van der Waals surface area contributed by atoms with Crippen molar-refractivity contribution < 1.29 is 4.79 Å². The minimum absolute atomic E-state index is 0. The SMILES string of the molecule is Cc1ccc(-c2cc(-c3ccccc3)nc(-c3cccc(NC(=O)CN(C)C)c3)c2)cc1.Cl.Cl. The number of halogens is 2. The number of aryl methyl sites for hydroxylation is 1. The van der Waals surface area contributed by atoms with Gasteiger partial charge in [0.2, 0.25) is 5.91 Å². The van der Waals surface area contributed by atoms with Gasteiger partial charge in [0.05, 0.1) is 17.9 Å². The van der Waals surface area contributed by atoms with E-state index in [1.165, 1.54) is 5.56 Å². The number of carbonyl (C=O) groups is 1. The Kier molecular flexibility index (Phi) is 9.82. The van der Waals surface area contributed by atoms with E-state index in [0.29, 0.717) is 6.54 Å². The summed E-state index contributed by atoms with van der Waals surface area (Å²) in [4.78, 5) is 19.0. The third-order valence-corrected chi connectivity index (χ3v) is 5.18. The van der Waals surface area contributed by atoms with Crippen LogP contribution in [0.2, 0.25) is 0 Å². The standard InChI is InChI=1S/C28H27N3O.2ClH/c1-20-12-14-21(15-13-20)24-17-26(22-8-5-4-6-9-22)30-27(18-24)23-10-7-11-25(16-23)29-28(32)19-31(2)3;;/h4-18H,19H2,1-3H3,(H,29,32);2*1H. The van der Waals surface area contributed by atoms with Crippen molar-refractivity contribution in [1.29, 1.82) is 0 Å². The summed E-state index contributed by atoms with van der Waals surface area (Å²) in [7, 11) is 3.75. The fourth-order valence-corrected chi connectivity index (χ4v) is 3.59. The first-order valence-corrected chi connectivity index (χ1v) is 10.7. The molecule has 0 fully saturated rings. The highest BCUT2D eigenvalue weighted by atomic mass is 35.5. The first kappa shape index (κ1) is 27.1. The van der Waals surface area contributed by atoms with Crippen LogP contribution in [0.15, 0.2) is 91.0 Å². The predicted octanol–water partition coefficient (Wildman–Crippen LogP) is 6.73. The van der Waals surface area contributed by atoms with Gasteiger partial charge in [0.25, 0.3) is 0 Å². The van der Waals surface area contributed by atoms with Crippen LogP contribution in [0.25, 0.3) is 33.6 Å². The van der Waals surface area contributed by atoms with Crippen molar-refractivity contribution in [3.05, 3.63) is 96.6 Å². The molecule has 0 saturated carbocycles. The number of rotatable bonds is 6. The average Bonchev–Trinajstić information content (AvgIpc) is 2.79. The van der Waals surface area contributed by atoms with E-state index < -0.39 is 0 Å². The molecule has 34 heavy (non-hydrogen) atoms. The fraction of sp³-hybridized carbons (Fsp3) is 0.143. The molecule has 4 aromatic rings. The Morgan fingerprint density at radius 1 is 0.735 bits per heavy atom. The maximum atomic E-state index is 12.2. The van der Waals surface area contributed by atoms with Crippen LogP contribution in [0, 0.1) is 6.92 Å². The Hall–Kier alpha value is -3.18. The Labute approximate surface area is 213 Å². The van der Waals surface area contributed by atoms with Crippen molar-refractivity contribution in [2.24, 2.45) is 0 Å². The lowest BCUT2D eigenvalue weighted by molar-refractivity contribution is -0.116. The van der Waals surface area contributed by atoms with Crippen molar-refractivity contribution in [3.63, 3.8) is 0 Å². The highest BCUT2D eigenvalue weighted by molar-refractivity contribution is 5.93. The number of carbonyl (C=O) groups excluding carboxylic acids is 1. The highest BCUT2D eigenvalue weighted by Gasteiger charge is 2.10. The molecule has 1 N–H and O–H groups in total. The molecule has 0 spiro atoms. The van der Waals surface area contributed by atoms with Crippen LogP contribution in [0.1, 0.15) is 5.56 Å². The summed E-state index contributed by atoms with van der Waals surface area (Å²) in [6, 6.07) is 30.8. The minimum Gasteiger partial charge on any atom is -0.325 e. The Morgan fingerprint density at radius 3 is 2.00 bits per heavy atom. The van der Waals surface area contributed by atoms with Crippen molar-refractivity contribution >= 4 is 36.4 Å². The lowest BCUT2D eigenvalue weighted by Crippen LogP contribution is -2.27. The number of hydrogen-bond acceptors (Lipinski definition) is 3. The summed E-state index contributed by atoms with van der Waals surface area (Å²) in [5.74, 6) is -0.0431. The van der Waals surface area contributed by atoms with Crippen molar-refractivity contribution in [2.75, 3.05) is 26.0 Å². The monoisotopic (exact) mass is 493 g/mol. The second kappa shape index (κ2) is 12.3. The molecule has 0 unspecified atom stereocenters. The van der Waals surface area contributed by atoms with Crippen LogP contribution in [0.3, 0.4) is 0 Å². The number of aromatic nitrogens is 1. The first-order valence-electron chi connectivity index (χ1n) is 10.7. The second-order valence-corrected chi connectivity index (χ2v) is 8.23. The molecule has 0 atom stereocenters. The topological polar surface area (TPSA) is 45.2 Å². The summed E-state index contributed by atoms with van der Waals surface area (Å²) in [6.07, 6.45) is 0. The number of nitrogens with zero attached hydrogens (tertiary/aromatic N) is 2. The Balaban J connectivity index is 0.00000204. The number of benzene rings is 3. The lowest BCUT2D eigenvalue weighted by atomic mass is 9.99. The van der Waals surface area contributed by atoms with Gasteiger partial charge in [0.15, 0.2) is 0 Å². The van der Waals surface area contributed by atoms with Crippen molar-refractivity contribution in [1.82, 2.24) is 9.88 Å². The predicted molar refractivity (Wildman–Crippen MR) is 147 cm³/mol. The van der Waals surface area contributed by atoms with Crippen LogP contribution in [-0.2, 0) is 4.79 Å². The van der Waals surface area contributed by atoms with E-state index in [9.17, 15) is 4.79 Å². The molecule has 4 rings (SSSR count). The molecular formula is C28H29Cl2N3O. The fourth-order valence-electron chi connectivity index (χ4n) is 3.59. The smallest absolute Gasteiger partial charge is 0.238 e. The summed E-state index contributed by atoms with van der Waals surface area (Å²) in [6.45, 7) is 2.43. The van der Waals surface area contributed by atoms with Crippen LogP contribution in [-0.4, -0.2) is 36.4 Å². The van der Waals surface area contributed by atoms with Gasteiger partial charge in [-0.2, -0.15) is 0 Å². The van der Waals surface area contributed by atoms with Crippen LogP contribution in [0.4, 0.5) is 5.69 Å². The quantitative estimate of drug-likeness (QED) is 0.323. The van der Waals surface area contributed by atoms with Crippen LogP contribution in [0.5, 0.6) is 0 Å². The number of anilines is 1. The largest absolute Gasteiger partial charge is 0.325 e. The number of amides is 1. The molecule has 0 aliphatic heterocycles. The van der Waals surface area contributed by atoms with Gasteiger partial charge in [-0.05, 0) is 56.4 Å². The molecule has 1 aromatic heterocycles. The lowest BCUT2D eigenvalue weighted by Gasteiger charge is -2.13. The molecule has 0 saturated heterocycles. The molecule has 1 heterocycles. The molecular weight excluding hydrogens is 465 g/mol. The van der Waals surface area contributed by atoms with Gasteiger partial charge in [-0.3, -0.25) is 4.79 Å². The zero-order valence-electron chi connectivity index (χ0n) is 19.5. The molecule has 4 nitrogen and oxygen atoms in total. The molecule has 0 aliphatic rings. The number of hydrogen-bond donors (Lipinski definition) is 1. The molecule has 3 aromatic carbocycles. The van der Waals surface area contributed by atoms with E-state index in [0.717, 1.165) is 39.3 Å². The van der Waals surface area contributed by atoms with E-state index in [4.69, 9.17) is 4.98 Å². The Morgan fingerprint density at radius 2 is 1.35 bits per heavy atom. The molecule has 1 amide bonds. The summed E-state index contributed by atoms with van der Waals surface area (Å²) >= 11 is 0. The highest BCUT2D eigenvalue weighted by Crippen LogP contribution is 2.31. The summed E-state index contributed by atoms with van der Waals surface area (Å²) < 4.78 is 0. The van der Waals surface area contributed by atoms with Gasteiger partial charge in [0, 0.05) is 16.8 Å². The Bertz CT molecular complexity index is 1230. The van der Waals surface area contributed by atoms with E-state index >= 15 is 0 Å². The van der Waals surface area contributed by atoms with Crippen molar-refractivity contribution in [2.45, 2.75) is 6.92 Å². The van der Waals surface area contributed by atoms with Crippen LogP contribution >= 0.6 is 24.8 Å². The molecule has 0 bridgehead atoms. The zero-order valence-corrected chi connectivity index (χ0v) is 21.1. The normalized spacial score (nSPS) is 10.2. The third kappa shape index (κ3) is 6.91. The van der Waals surface area contributed by atoms with Gasteiger partial charge >= 0.3 is 0 Å². The van der Waals surface area contributed by atoms with Crippen molar-refractivity contribution in [3.8, 4) is 33.6 Å². The molecule has 176 valence electrons. The number of nitrogens with one attached hydrogen (secondary N) is 1.